The fourth-order valence-corrected chi connectivity index (χ4v) is 3.05. The van der Waals surface area contributed by atoms with Gasteiger partial charge in [-0.3, -0.25) is 10.1 Å². The Morgan fingerprint density at radius 3 is 3.10 bits per heavy atom. The molecule has 1 saturated heterocycles. The normalized spacial score (nSPS) is 19.6. The summed E-state index contributed by atoms with van der Waals surface area (Å²) < 4.78 is 6.32. The number of thioether (sulfide) groups is 1. The van der Waals surface area contributed by atoms with E-state index in [2.05, 4.69) is 26.6 Å². The van der Waals surface area contributed by atoms with Crippen molar-refractivity contribution < 1.29 is 14.6 Å². The average molecular weight is 361 g/mol. The number of para-hydroxylation sites is 1. The zero-order valence-corrected chi connectivity index (χ0v) is 13.2. The molecule has 1 unspecified atom stereocenters. The second-order valence-electron chi connectivity index (χ2n) is 4.41. The van der Waals surface area contributed by atoms with E-state index in [-0.39, 0.29) is 25.1 Å². The minimum atomic E-state index is -0.736. The zero-order chi connectivity index (χ0) is 14.4. The van der Waals surface area contributed by atoms with Gasteiger partial charge in [-0.2, -0.15) is 0 Å². The van der Waals surface area contributed by atoms with E-state index in [1.54, 1.807) is 11.8 Å². The number of benzene rings is 1. The van der Waals surface area contributed by atoms with Crippen molar-refractivity contribution in [1.29, 1.82) is 0 Å². The Bertz CT molecular complexity index is 455. The molecule has 0 aliphatic carbocycles. The van der Waals surface area contributed by atoms with Gasteiger partial charge < -0.3 is 15.2 Å². The number of ether oxygens (including phenoxy) is 1. The van der Waals surface area contributed by atoms with Crippen LogP contribution in [0.1, 0.15) is 0 Å². The van der Waals surface area contributed by atoms with Gasteiger partial charge in [-0.15, -0.1) is 11.8 Å². The van der Waals surface area contributed by atoms with E-state index in [4.69, 9.17) is 4.74 Å². The topological polar surface area (TPSA) is 70.6 Å². The molecular weight excluding hydrogens is 344 g/mol. The molecule has 110 valence electrons. The predicted octanol–water partition coefficient (Wildman–Crippen LogP) is 0.967. The number of halogens is 1. The highest BCUT2D eigenvalue weighted by Crippen LogP contribution is 2.23. The number of aliphatic hydroxyl groups excluding tert-OH is 1. The number of rotatable bonds is 6. The molecule has 2 atom stereocenters. The first-order chi connectivity index (χ1) is 9.66. The molecule has 0 saturated carbocycles. The monoisotopic (exact) mass is 360 g/mol. The molecule has 1 aromatic carbocycles. The third kappa shape index (κ3) is 4.66. The largest absolute Gasteiger partial charge is 0.490 e. The predicted molar refractivity (Wildman–Crippen MR) is 82.9 cm³/mol. The van der Waals surface area contributed by atoms with Gasteiger partial charge in [0.15, 0.2) is 0 Å². The summed E-state index contributed by atoms with van der Waals surface area (Å²) in [6.45, 7) is 0.321. The van der Waals surface area contributed by atoms with Crippen LogP contribution >= 0.6 is 27.7 Å². The number of carbonyl (C=O) groups is 1. The van der Waals surface area contributed by atoms with Crippen molar-refractivity contribution >= 4 is 33.6 Å². The number of hydrogen-bond acceptors (Lipinski definition) is 5. The Morgan fingerprint density at radius 1 is 1.60 bits per heavy atom. The molecule has 7 heteroatoms. The van der Waals surface area contributed by atoms with Crippen molar-refractivity contribution in [2.24, 2.45) is 0 Å². The van der Waals surface area contributed by atoms with E-state index in [1.807, 2.05) is 24.3 Å². The quantitative estimate of drug-likeness (QED) is 0.705. The average Bonchev–Trinajstić information content (AvgIpc) is 2.98. The van der Waals surface area contributed by atoms with Crippen LogP contribution in [0.5, 0.6) is 5.75 Å². The van der Waals surface area contributed by atoms with Crippen molar-refractivity contribution in [3.05, 3.63) is 28.7 Å². The third-order valence-corrected chi connectivity index (χ3v) is 4.41. The van der Waals surface area contributed by atoms with Crippen LogP contribution in [-0.2, 0) is 4.79 Å². The summed E-state index contributed by atoms with van der Waals surface area (Å²) in [4.78, 5) is 11.7. The Labute approximate surface area is 130 Å². The standard InChI is InChI=1S/C13H17BrN2O3S/c14-10-3-1-2-4-12(10)19-6-9(17)5-15-13(18)11-7-20-8-16-11/h1-4,9,11,16-17H,5-8H2,(H,15,18)/t9?,11-/m1/s1. The molecule has 5 nitrogen and oxygen atoms in total. The van der Waals surface area contributed by atoms with Crippen LogP contribution in [0.25, 0.3) is 0 Å². The second kappa shape index (κ2) is 7.87. The van der Waals surface area contributed by atoms with Gasteiger partial charge in [-0.25, -0.2) is 0 Å². The number of aliphatic hydroxyl groups is 1. The molecule has 0 spiro atoms. The highest BCUT2D eigenvalue weighted by Gasteiger charge is 2.22. The number of nitrogens with one attached hydrogen (secondary N) is 2. The first-order valence-electron chi connectivity index (χ1n) is 6.31. The van der Waals surface area contributed by atoms with Crippen molar-refractivity contribution in [2.45, 2.75) is 12.1 Å². The molecular formula is C13H17BrN2O3S. The maximum absolute atomic E-state index is 11.7. The lowest BCUT2D eigenvalue weighted by molar-refractivity contribution is -0.122. The summed E-state index contributed by atoms with van der Waals surface area (Å²) in [5, 5.41) is 15.6. The number of hydrogen-bond donors (Lipinski definition) is 3. The van der Waals surface area contributed by atoms with Crippen LogP contribution in [-0.4, -0.2) is 47.9 Å². The summed E-state index contributed by atoms with van der Waals surface area (Å²) in [5.41, 5.74) is 0. The molecule has 1 fully saturated rings. The second-order valence-corrected chi connectivity index (χ2v) is 6.30. The smallest absolute Gasteiger partial charge is 0.238 e. The van der Waals surface area contributed by atoms with Crippen molar-refractivity contribution in [1.82, 2.24) is 10.6 Å². The van der Waals surface area contributed by atoms with E-state index in [0.717, 1.165) is 16.1 Å². The summed E-state index contributed by atoms with van der Waals surface area (Å²) in [7, 11) is 0. The molecule has 0 radical (unpaired) electrons. The zero-order valence-electron chi connectivity index (χ0n) is 10.8. The molecule has 1 aliphatic heterocycles. The van der Waals surface area contributed by atoms with E-state index in [0.29, 0.717) is 5.75 Å². The third-order valence-electron chi connectivity index (χ3n) is 2.81. The van der Waals surface area contributed by atoms with Crippen LogP contribution in [0.15, 0.2) is 28.7 Å². The Hall–Kier alpha value is -0.760. The van der Waals surface area contributed by atoms with E-state index < -0.39 is 6.10 Å². The summed E-state index contributed by atoms with van der Waals surface area (Å²) in [6.07, 6.45) is -0.736. The molecule has 3 N–H and O–H groups in total. The SMILES string of the molecule is O=C(NCC(O)COc1ccccc1Br)[C@H]1CSCN1. The lowest BCUT2D eigenvalue weighted by atomic mass is 10.3. The van der Waals surface area contributed by atoms with Crippen molar-refractivity contribution in [3.63, 3.8) is 0 Å². The van der Waals surface area contributed by atoms with Gasteiger partial charge in [0, 0.05) is 18.2 Å². The highest BCUT2D eigenvalue weighted by atomic mass is 79.9. The van der Waals surface area contributed by atoms with Gasteiger partial charge in [-0.05, 0) is 28.1 Å². The molecule has 1 aromatic rings. The lowest BCUT2D eigenvalue weighted by Gasteiger charge is -2.15. The molecule has 0 bridgehead atoms. The van der Waals surface area contributed by atoms with Crippen molar-refractivity contribution in [3.8, 4) is 5.75 Å². The minimum absolute atomic E-state index is 0.0741. The van der Waals surface area contributed by atoms with E-state index in [9.17, 15) is 9.90 Å². The van der Waals surface area contributed by atoms with Gasteiger partial charge in [0.1, 0.15) is 18.5 Å². The number of carbonyl (C=O) groups excluding carboxylic acids is 1. The van der Waals surface area contributed by atoms with Gasteiger partial charge in [0.05, 0.1) is 10.5 Å². The Kier molecular flexibility index (Phi) is 6.15. The maximum Gasteiger partial charge on any atom is 0.238 e. The molecule has 0 aromatic heterocycles. The maximum atomic E-state index is 11.7. The van der Waals surface area contributed by atoms with Gasteiger partial charge in [0.25, 0.3) is 0 Å². The molecule has 1 heterocycles. The molecule has 1 amide bonds. The van der Waals surface area contributed by atoms with E-state index >= 15 is 0 Å². The van der Waals surface area contributed by atoms with E-state index in [1.165, 1.54) is 0 Å². The fraction of sp³-hybridized carbons (Fsp3) is 0.462. The lowest BCUT2D eigenvalue weighted by Crippen LogP contribution is -2.45. The molecule has 1 aliphatic rings. The number of amides is 1. The minimum Gasteiger partial charge on any atom is -0.490 e. The summed E-state index contributed by atoms with van der Waals surface area (Å²) >= 11 is 5.06. The Morgan fingerprint density at radius 2 is 2.40 bits per heavy atom. The molecule has 2 rings (SSSR count). The van der Waals surface area contributed by atoms with Gasteiger partial charge in [-0.1, -0.05) is 12.1 Å². The summed E-state index contributed by atoms with van der Waals surface area (Å²) in [6, 6.07) is 7.27. The van der Waals surface area contributed by atoms with Crippen LogP contribution in [0, 0.1) is 0 Å². The fourth-order valence-electron chi connectivity index (χ4n) is 1.71. The van der Waals surface area contributed by atoms with Crippen LogP contribution in [0.4, 0.5) is 0 Å². The first-order valence-corrected chi connectivity index (χ1v) is 8.26. The highest BCUT2D eigenvalue weighted by molar-refractivity contribution is 9.10. The van der Waals surface area contributed by atoms with Crippen LogP contribution < -0.4 is 15.4 Å². The van der Waals surface area contributed by atoms with Crippen LogP contribution in [0.2, 0.25) is 0 Å². The summed E-state index contributed by atoms with van der Waals surface area (Å²) in [5.74, 6) is 2.17. The van der Waals surface area contributed by atoms with Gasteiger partial charge >= 0.3 is 0 Å². The van der Waals surface area contributed by atoms with Crippen molar-refractivity contribution in [2.75, 3.05) is 24.8 Å². The first kappa shape index (κ1) is 15.6. The van der Waals surface area contributed by atoms with Gasteiger partial charge in [0.2, 0.25) is 5.91 Å². The molecule has 20 heavy (non-hydrogen) atoms. The Balaban J connectivity index is 1.69. The van der Waals surface area contributed by atoms with Crippen LogP contribution in [0.3, 0.4) is 0 Å².